The number of nitriles is 1. The average Bonchev–Trinajstić information content (AvgIpc) is 2.74. The molecule has 0 saturated heterocycles. The molecule has 0 unspecified atom stereocenters. The standard InChI is InChI=1S/C20H17N3O3S2/c1-26-20-15(13-21)12-18(23-28(24,25)17-6-4-3-5-7-17)19(22-20)14-8-10-16(27-2)11-9-14/h3-12,23H,1-2H3. The quantitative estimate of drug-likeness (QED) is 0.613. The number of anilines is 1. The molecule has 28 heavy (non-hydrogen) atoms. The molecule has 1 N–H and O–H groups in total. The van der Waals surface area contributed by atoms with Crippen molar-refractivity contribution in [2.45, 2.75) is 9.79 Å². The average molecular weight is 412 g/mol. The molecule has 0 fully saturated rings. The Kier molecular flexibility index (Phi) is 5.87. The largest absolute Gasteiger partial charge is 0.480 e. The Morgan fingerprint density at radius 1 is 1.11 bits per heavy atom. The maximum absolute atomic E-state index is 12.8. The van der Waals surface area contributed by atoms with Crippen LogP contribution in [-0.2, 0) is 10.0 Å². The highest BCUT2D eigenvalue weighted by Gasteiger charge is 2.20. The summed E-state index contributed by atoms with van der Waals surface area (Å²) in [5.41, 5.74) is 1.42. The van der Waals surface area contributed by atoms with Crippen LogP contribution in [0.5, 0.6) is 5.88 Å². The third kappa shape index (κ3) is 4.11. The molecular weight excluding hydrogens is 394 g/mol. The summed E-state index contributed by atoms with van der Waals surface area (Å²) in [5, 5.41) is 9.37. The van der Waals surface area contributed by atoms with Crippen molar-refractivity contribution in [1.29, 1.82) is 5.26 Å². The number of thioether (sulfide) groups is 1. The van der Waals surface area contributed by atoms with Crippen LogP contribution in [0.2, 0.25) is 0 Å². The highest BCUT2D eigenvalue weighted by Crippen LogP contribution is 2.33. The van der Waals surface area contributed by atoms with Gasteiger partial charge in [0.05, 0.1) is 23.4 Å². The topological polar surface area (TPSA) is 92.1 Å². The van der Waals surface area contributed by atoms with Crippen molar-refractivity contribution in [3.63, 3.8) is 0 Å². The van der Waals surface area contributed by atoms with Crippen LogP contribution < -0.4 is 9.46 Å². The molecule has 3 aromatic rings. The fraction of sp³-hybridized carbons (Fsp3) is 0.100. The first-order valence-electron chi connectivity index (χ1n) is 8.20. The molecule has 0 aliphatic heterocycles. The molecule has 0 aliphatic carbocycles. The first kappa shape index (κ1) is 19.7. The maximum atomic E-state index is 12.8. The number of rotatable bonds is 6. The molecule has 0 amide bonds. The summed E-state index contributed by atoms with van der Waals surface area (Å²) < 4.78 is 33.3. The minimum atomic E-state index is -3.85. The van der Waals surface area contributed by atoms with Gasteiger partial charge in [0.1, 0.15) is 11.6 Å². The van der Waals surface area contributed by atoms with Crippen molar-refractivity contribution in [2.75, 3.05) is 18.1 Å². The van der Waals surface area contributed by atoms with Gasteiger partial charge in [-0.1, -0.05) is 30.3 Å². The second kappa shape index (κ2) is 8.33. The van der Waals surface area contributed by atoms with Gasteiger partial charge in [-0.05, 0) is 36.6 Å². The van der Waals surface area contributed by atoms with Crippen LogP contribution in [0.1, 0.15) is 5.56 Å². The zero-order chi connectivity index (χ0) is 20.1. The highest BCUT2D eigenvalue weighted by molar-refractivity contribution is 7.98. The Morgan fingerprint density at radius 2 is 1.79 bits per heavy atom. The first-order valence-corrected chi connectivity index (χ1v) is 10.9. The van der Waals surface area contributed by atoms with Crippen LogP contribution in [0.3, 0.4) is 0 Å². The number of methoxy groups -OCH3 is 1. The Labute approximate surface area is 168 Å². The van der Waals surface area contributed by atoms with Crippen molar-refractivity contribution in [1.82, 2.24) is 4.98 Å². The number of pyridine rings is 1. The van der Waals surface area contributed by atoms with Crippen molar-refractivity contribution in [2.24, 2.45) is 0 Å². The lowest BCUT2D eigenvalue weighted by Crippen LogP contribution is -2.14. The van der Waals surface area contributed by atoms with Gasteiger partial charge >= 0.3 is 0 Å². The summed E-state index contributed by atoms with van der Waals surface area (Å²) in [6.45, 7) is 0. The summed E-state index contributed by atoms with van der Waals surface area (Å²) >= 11 is 1.60. The van der Waals surface area contributed by atoms with Crippen LogP contribution in [-0.4, -0.2) is 26.8 Å². The summed E-state index contributed by atoms with van der Waals surface area (Å²) in [4.78, 5) is 5.57. The molecule has 0 aliphatic rings. The number of hydrogen-bond acceptors (Lipinski definition) is 6. The number of nitrogens with one attached hydrogen (secondary N) is 1. The van der Waals surface area contributed by atoms with Gasteiger partial charge in [0, 0.05) is 10.5 Å². The third-order valence-electron chi connectivity index (χ3n) is 3.96. The van der Waals surface area contributed by atoms with E-state index in [-0.39, 0.29) is 22.0 Å². The number of ether oxygens (including phenoxy) is 1. The monoisotopic (exact) mass is 411 g/mol. The van der Waals surface area contributed by atoms with Gasteiger partial charge < -0.3 is 4.74 Å². The number of sulfonamides is 1. The SMILES string of the molecule is COc1nc(-c2ccc(SC)cc2)c(NS(=O)(=O)c2ccccc2)cc1C#N. The Hall–Kier alpha value is -3.02. The molecule has 0 radical (unpaired) electrons. The van der Waals surface area contributed by atoms with Crippen LogP contribution >= 0.6 is 11.8 Å². The smallest absolute Gasteiger partial charge is 0.261 e. The van der Waals surface area contributed by atoms with Crippen molar-refractivity contribution < 1.29 is 13.2 Å². The molecule has 1 heterocycles. The minimum absolute atomic E-state index is 0.119. The Morgan fingerprint density at radius 3 is 2.36 bits per heavy atom. The van der Waals surface area contributed by atoms with E-state index in [4.69, 9.17) is 4.74 Å². The summed E-state index contributed by atoms with van der Waals surface area (Å²) in [7, 11) is -2.43. The van der Waals surface area contributed by atoms with Gasteiger partial charge in [-0.25, -0.2) is 13.4 Å². The van der Waals surface area contributed by atoms with E-state index in [9.17, 15) is 13.7 Å². The van der Waals surface area contributed by atoms with E-state index >= 15 is 0 Å². The minimum Gasteiger partial charge on any atom is -0.480 e. The second-order valence-electron chi connectivity index (χ2n) is 5.70. The van der Waals surface area contributed by atoms with Gasteiger partial charge in [0.2, 0.25) is 5.88 Å². The maximum Gasteiger partial charge on any atom is 0.261 e. The van der Waals surface area contributed by atoms with E-state index in [1.165, 1.54) is 25.3 Å². The molecule has 0 bridgehead atoms. The molecule has 8 heteroatoms. The van der Waals surface area contributed by atoms with Gasteiger partial charge in [-0.3, -0.25) is 4.72 Å². The predicted octanol–water partition coefficient (Wildman–Crippen LogP) is 4.15. The first-order chi connectivity index (χ1) is 13.5. The van der Waals surface area contributed by atoms with E-state index in [1.807, 2.05) is 36.6 Å². The third-order valence-corrected chi connectivity index (χ3v) is 6.09. The summed E-state index contributed by atoms with van der Waals surface area (Å²) in [5.74, 6) is 0.133. The normalized spacial score (nSPS) is 10.9. The number of nitrogens with zero attached hydrogens (tertiary/aromatic N) is 2. The zero-order valence-electron chi connectivity index (χ0n) is 15.2. The van der Waals surface area contributed by atoms with E-state index in [0.29, 0.717) is 11.3 Å². The number of benzene rings is 2. The molecular formula is C20H17N3O3S2. The zero-order valence-corrected chi connectivity index (χ0v) is 16.8. The van der Waals surface area contributed by atoms with Crippen LogP contribution in [0.15, 0.2) is 70.5 Å². The van der Waals surface area contributed by atoms with Gasteiger partial charge in [-0.15, -0.1) is 11.8 Å². The van der Waals surface area contributed by atoms with Gasteiger partial charge in [0.15, 0.2) is 0 Å². The second-order valence-corrected chi connectivity index (χ2v) is 8.26. The van der Waals surface area contributed by atoms with Crippen LogP contribution in [0, 0.1) is 11.3 Å². The van der Waals surface area contributed by atoms with E-state index < -0.39 is 10.0 Å². The Bertz CT molecular complexity index is 1120. The Balaban J connectivity index is 2.14. The van der Waals surface area contributed by atoms with Crippen LogP contribution in [0.4, 0.5) is 5.69 Å². The number of hydrogen-bond donors (Lipinski definition) is 1. The van der Waals surface area contributed by atoms with Crippen molar-refractivity contribution >= 4 is 27.5 Å². The van der Waals surface area contributed by atoms with E-state index in [2.05, 4.69) is 9.71 Å². The molecule has 0 spiro atoms. The molecule has 1 aromatic heterocycles. The highest BCUT2D eigenvalue weighted by atomic mass is 32.2. The molecule has 6 nitrogen and oxygen atoms in total. The molecule has 0 saturated carbocycles. The predicted molar refractivity (Wildman–Crippen MR) is 110 cm³/mol. The van der Waals surface area contributed by atoms with Crippen molar-refractivity contribution in [3.8, 4) is 23.2 Å². The molecule has 0 atom stereocenters. The molecule has 3 rings (SSSR count). The summed E-state index contributed by atoms with van der Waals surface area (Å²) in [6, 6.07) is 19.0. The van der Waals surface area contributed by atoms with E-state index in [0.717, 1.165) is 4.90 Å². The van der Waals surface area contributed by atoms with Crippen LogP contribution in [0.25, 0.3) is 11.3 Å². The van der Waals surface area contributed by atoms with Crippen molar-refractivity contribution in [3.05, 3.63) is 66.2 Å². The number of aromatic nitrogens is 1. The molecule has 2 aromatic carbocycles. The lowest BCUT2D eigenvalue weighted by atomic mass is 10.1. The lowest BCUT2D eigenvalue weighted by Gasteiger charge is -2.14. The fourth-order valence-corrected chi connectivity index (χ4v) is 4.07. The fourth-order valence-electron chi connectivity index (χ4n) is 2.58. The lowest BCUT2D eigenvalue weighted by molar-refractivity contribution is 0.397. The summed E-state index contributed by atoms with van der Waals surface area (Å²) in [6.07, 6.45) is 1.97. The molecule has 142 valence electrons. The van der Waals surface area contributed by atoms with Gasteiger partial charge in [-0.2, -0.15) is 5.26 Å². The van der Waals surface area contributed by atoms with Gasteiger partial charge in [0.25, 0.3) is 10.0 Å². The van der Waals surface area contributed by atoms with E-state index in [1.54, 1.807) is 30.0 Å².